The van der Waals surface area contributed by atoms with Crippen LogP contribution in [0.25, 0.3) is 43.8 Å². The van der Waals surface area contributed by atoms with Crippen LogP contribution in [0.4, 0.5) is 17.1 Å². The summed E-state index contributed by atoms with van der Waals surface area (Å²) in [4.78, 5) is 7.72. The highest BCUT2D eigenvalue weighted by atomic mass is 15.1. The predicted molar refractivity (Wildman–Crippen MR) is 243 cm³/mol. The number of aliphatic imine (C=N–C) groups is 1. The first-order valence-electron chi connectivity index (χ1n) is 19.7. The van der Waals surface area contributed by atoms with Crippen LogP contribution in [0.2, 0.25) is 0 Å². The van der Waals surface area contributed by atoms with Crippen LogP contribution in [0.5, 0.6) is 0 Å². The Bertz CT molecular complexity index is 2610. The molecule has 1 heterocycles. The average Bonchev–Trinajstić information content (AvgIpc) is 3.24. The van der Waals surface area contributed by atoms with Crippen LogP contribution in [0.3, 0.4) is 0 Å². The van der Waals surface area contributed by atoms with E-state index in [-0.39, 0.29) is 12.0 Å². The molecule has 1 N–H and O–H groups in total. The Hall–Kier alpha value is -6.45. The van der Waals surface area contributed by atoms with Gasteiger partial charge in [-0.1, -0.05) is 176 Å². The van der Waals surface area contributed by atoms with Crippen LogP contribution in [0.1, 0.15) is 50.2 Å². The van der Waals surface area contributed by atoms with E-state index in [0.29, 0.717) is 0 Å². The highest BCUT2D eigenvalue weighted by Gasteiger charge is 2.31. The molecule has 0 spiro atoms. The van der Waals surface area contributed by atoms with Gasteiger partial charge in [-0.05, 0) is 71.3 Å². The van der Waals surface area contributed by atoms with Crippen molar-refractivity contribution in [2.75, 3.05) is 17.3 Å². The van der Waals surface area contributed by atoms with Crippen molar-refractivity contribution in [3.05, 3.63) is 199 Å². The van der Waals surface area contributed by atoms with E-state index in [2.05, 4.69) is 202 Å². The molecule has 1 aliphatic heterocycles. The van der Waals surface area contributed by atoms with Crippen LogP contribution < -0.4 is 10.2 Å². The lowest BCUT2D eigenvalue weighted by molar-refractivity contribution is 0.489. The number of hydrogen-bond acceptors (Lipinski definition) is 3. The van der Waals surface area contributed by atoms with Gasteiger partial charge in [0.05, 0.1) is 17.4 Å². The third-order valence-electron chi connectivity index (χ3n) is 11.4. The second-order valence-corrected chi connectivity index (χ2v) is 14.9. The quantitative estimate of drug-likeness (QED) is 0.0771. The standard InChI is InChI=1S/C53H49N3/c1-6-19-36(2)30-32-47-44-25-14-13-24-42(44)38(4)54-50(47)34-37(3)56(5)53-49-29-18-16-27-46(49)45-26-15-17-28-48(45)52(53)55-51-35-41(39-20-9-7-10-21-39)31-33-43(51)40-22-11-8-12-23-40/h6-29,31,33,35,47,50,55H,2-3,30,32,34H2,1,4-5H3/b19-6-. The fourth-order valence-corrected chi connectivity index (χ4v) is 8.56. The SMILES string of the molecule is C=C(/C=C\C)CCC1c2ccccc2C(C)=NC1CC(=C)N(C)c1c(Nc2cc(-c3ccccc3)ccc2-c2ccccc2)c2ccccc2c2ccccc12. The van der Waals surface area contributed by atoms with Gasteiger partial charge in [-0.2, -0.15) is 0 Å². The molecular formula is C53H49N3. The largest absolute Gasteiger partial charge is 0.353 e. The molecule has 0 amide bonds. The summed E-state index contributed by atoms with van der Waals surface area (Å²) in [5, 5.41) is 8.82. The minimum atomic E-state index is 0.0497. The number of allylic oxidation sites excluding steroid dienone is 3. The van der Waals surface area contributed by atoms with E-state index >= 15 is 0 Å². The summed E-state index contributed by atoms with van der Waals surface area (Å²) >= 11 is 0. The topological polar surface area (TPSA) is 27.6 Å². The maximum absolute atomic E-state index is 5.40. The lowest BCUT2D eigenvalue weighted by Gasteiger charge is -2.35. The van der Waals surface area contributed by atoms with Gasteiger partial charge in [-0.15, -0.1) is 0 Å². The zero-order valence-electron chi connectivity index (χ0n) is 32.7. The molecule has 0 bridgehead atoms. The van der Waals surface area contributed by atoms with Crippen molar-refractivity contribution in [1.29, 1.82) is 0 Å². The van der Waals surface area contributed by atoms with Crippen molar-refractivity contribution in [2.24, 2.45) is 4.99 Å². The van der Waals surface area contributed by atoms with Gasteiger partial charge in [0.2, 0.25) is 0 Å². The van der Waals surface area contributed by atoms with Crippen molar-refractivity contribution in [2.45, 2.75) is 45.1 Å². The number of nitrogens with zero attached hydrogens (tertiary/aromatic N) is 2. The van der Waals surface area contributed by atoms with Gasteiger partial charge in [0, 0.05) is 52.8 Å². The van der Waals surface area contributed by atoms with E-state index in [0.717, 1.165) is 75.4 Å². The first-order chi connectivity index (χ1) is 27.4. The van der Waals surface area contributed by atoms with Gasteiger partial charge < -0.3 is 10.2 Å². The molecule has 0 fully saturated rings. The molecule has 2 unspecified atom stereocenters. The Morgan fingerprint density at radius 1 is 0.679 bits per heavy atom. The summed E-state index contributed by atoms with van der Waals surface area (Å²) in [5.41, 5.74) is 13.7. The fourth-order valence-electron chi connectivity index (χ4n) is 8.56. The lowest BCUT2D eigenvalue weighted by atomic mass is 9.79. The number of hydrogen-bond donors (Lipinski definition) is 1. The van der Waals surface area contributed by atoms with E-state index in [4.69, 9.17) is 11.6 Å². The Labute approximate surface area is 332 Å². The number of fused-ring (bicyclic) bond motifs is 4. The van der Waals surface area contributed by atoms with Crippen molar-refractivity contribution >= 4 is 44.3 Å². The fraction of sp³-hybridized carbons (Fsp3) is 0.151. The second kappa shape index (κ2) is 16.1. The molecule has 0 saturated carbocycles. The van der Waals surface area contributed by atoms with Gasteiger partial charge in [0.1, 0.15) is 0 Å². The molecular weight excluding hydrogens is 679 g/mol. The number of nitrogens with one attached hydrogen (secondary N) is 1. The zero-order chi connectivity index (χ0) is 38.6. The minimum Gasteiger partial charge on any atom is -0.353 e. The third kappa shape index (κ3) is 7.21. The molecule has 3 heteroatoms. The van der Waals surface area contributed by atoms with Crippen molar-refractivity contribution in [3.8, 4) is 22.3 Å². The van der Waals surface area contributed by atoms with Crippen LogP contribution >= 0.6 is 0 Å². The molecule has 7 aromatic rings. The molecule has 0 aromatic heterocycles. The Balaban J connectivity index is 1.25. The van der Waals surface area contributed by atoms with Crippen molar-refractivity contribution < 1.29 is 0 Å². The first kappa shape index (κ1) is 36.5. The maximum Gasteiger partial charge on any atom is 0.0731 e. The van der Waals surface area contributed by atoms with Gasteiger partial charge in [0.25, 0.3) is 0 Å². The summed E-state index contributed by atoms with van der Waals surface area (Å²) in [7, 11) is 2.18. The van der Waals surface area contributed by atoms with Crippen LogP contribution in [0, 0.1) is 0 Å². The zero-order valence-corrected chi connectivity index (χ0v) is 32.7. The van der Waals surface area contributed by atoms with E-state index < -0.39 is 0 Å². The van der Waals surface area contributed by atoms with Crippen LogP contribution in [0.15, 0.2) is 193 Å². The molecule has 2 atom stereocenters. The third-order valence-corrected chi connectivity index (χ3v) is 11.4. The van der Waals surface area contributed by atoms with Crippen LogP contribution in [-0.2, 0) is 0 Å². The minimum absolute atomic E-state index is 0.0497. The summed E-state index contributed by atoms with van der Waals surface area (Å²) in [5.74, 6) is 0.252. The summed E-state index contributed by atoms with van der Waals surface area (Å²) in [6, 6.07) is 54.4. The molecule has 56 heavy (non-hydrogen) atoms. The summed E-state index contributed by atoms with van der Waals surface area (Å²) in [6.45, 7) is 13.4. The Kier molecular flexibility index (Phi) is 10.5. The van der Waals surface area contributed by atoms with Crippen LogP contribution in [-0.4, -0.2) is 18.8 Å². The van der Waals surface area contributed by atoms with Crippen molar-refractivity contribution in [1.82, 2.24) is 0 Å². The summed E-state index contributed by atoms with van der Waals surface area (Å²) in [6.07, 6.45) is 6.83. The Morgan fingerprint density at radius 3 is 2.00 bits per heavy atom. The van der Waals surface area contributed by atoms with Gasteiger partial charge >= 0.3 is 0 Å². The molecule has 0 aliphatic carbocycles. The van der Waals surface area contributed by atoms with E-state index in [9.17, 15) is 0 Å². The predicted octanol–water partition coefficient (Wildman–Crippen LogP) is 14.3. The van der Waals surface area contributed by atoms with Crippen molar-refractivity contribution in [3.63, 3.8) is 0 Å². The smallest absolute Gasteiger partial charge is 0.0731 e. The number of benzene rings is 7. The highest BCUT2D eigenvalue weighted by Crippen LogP contribution is 2.47. The van der Waals surface area contributed by atoms with Gasteiger partial charge in [-0.25, -0.2) is 0 Å². The Morgan fingerprint density at radius 2 is 1.29 bits per heavy atom. The number of anilines is 3. The maximum atomic E-state index is 5.40. The summed E-state index contributed by atoms with van der Waals surface area (Å²) < 4.78 is 0. The molecule has 0 radical (unpaired) electrons. The average molecular weight is 728 g/mol. The van der Waals surface area contributed by atoms with E-state index in [1.165, 1.54) is 32.8 Å². The van der Waals surface area contributed by atoms with Gasteiger partial charge in [0.15, 0.2) is 0 Å². The monoisotopic (exact) mass is 727 g/mol. The molecule has 1 aliphatic rings. The van der Waals surface area contributed by atoms with E-state index in [1.807, 2.05) is 0 Å². The number of rotatable bonds is 12. The van der Waals surface area contributed by atoms with E-state index in [1.54, 1.807) is 0 Å². The molecule has 0 saturated heterocycles. The first-order valence-corrected chi connectivity index (χ1v) is 19.7. The molecule has 276 valence electrons. The molecule has 3 nitrogen and oxygen atoms in total. The molecule has 7 aromatic carbocycles. The normalized spacial score (nSPS) is 15.1. The lowest BCUT2D eigenvalue weighted by Crippen LogP contribution is -2.29. The molecule has 8 rings (SSSR count). The second-order valence-electron chi connectivity index (χ2n) is 14.9. The van der Waals surface area contributed by atoms with Gasteiger partial charge in [-0.3, -0.25) is 4.99 Å². The highest BCUT2D eigenvalue weighted by molar-refractivity contribution is 6.21.